The maximum Gasteiger partial charge on any atom is 0.356 e. The molecule has 0 aromatic carbocycles. The molecule has 0 saturated heterocycles. The van der Waals surface area contributed by atoms with Crippen molar-refractivity contribution < 1.29 is 14.6 Å². The van der Waals surface area contributed by atoms with E-state index in [1.54, 1.807) is 37.5 Å². The molecule has 0 aliphatic heterocycles. The Labute approximate surface area is 177 Å². The second kappa shape index (κ2) is 8.41. The largest absolute Gasteiger partial charge is 0.464 e. The number of esters is 1. The fourth-order valence-electron chi connectivity index (χ4n) is 3.17. The van der Waals surface area contributed by atoms with Crippen molar-refractivity contribution in [1.29, 1.82) is 0 Å². The predicted molar refractivity (Wildman–Crippen MR) is 113 cm³/mol. The number of aliphatic hydroxyl groups is 1. The SMILES string of the molecule is COC(=O)c1ccc(-c2cc3c(=O)n(C(C)CO)cnc3c(-c3cccnc3)n2)cn1. The van der Waals surface area contributed by atoms with Gasteiger partial charge in [-0.2, -0.15) is 0 Å². The molecular formula is C22H19N5O4. The summed E-state index contributed by atoms with van der Waals surface area (Å²) in [7, 11) is 1.29. The van der Waals surface area contributed by atoms with Gasteiger partial charge in [0.25, 0.3) is 5.56 Å². The molecule has 0 fully saturated rings. The number of fused-ring (bicyclic) bond motifs is 1. The first-order valence-electron chi connectivity index (χ1n) is 9.51. The molecule has 0 spiro atoms. The predicted octanol–water partition coefficient (Wildman–Crippen LogP) is 2.26. The molecule has 9 heteroatoms. The molecule has 31 heavy (non-hydrogen) atoms. The summed E-state index contributed by atoms with van der Waals surface area (Å²) in [5.41, 5.74) is 2.61. The van der Waals surface area contributed by atoms with E-state index in [0.29, 0.717) is 33.4 Å². The molecule has 0 bridgehead atoms. The number of rotatable bonds is 5. The monoisotopic (exact) mass is 417 g/mol. The van der Waals surface area contributed by atoms with Gasteiger partial charge < -0.3 is 9.84 Å². The van der Waals surface area contributed by atoms with Crippen LogP contribution in [0.15, 0.2) is 60.0 Å². The van der Waals surface area contributed by atoms with Crippen molar-refractivity contribution in [1.82, 2.24) is 24.5 Å². The molecule has 0 radical (unpaired) electrons. The van der Waals surface area contributed by atoms with Gasteiger partial charge in [0.1, 0.15) is 11.2 Å². The number of ether oxygens (including phenoxy) is 1. The zero-order valence-electron chi connectivity index (χ0n) is 16.9. The average Bonchev–Trinajstić information content (AvgIpc) is 2.83. The van der Waals surface area contributed by atoms with Crippen molar-refractivity contribution in [3.8, 4) is 22.5 Å². The number of carbonyl (C=O) groups excluding carboxylic acids is 1. The van der Waals surface area contributed by atoms with E-state index in [-0.39, 0.29) is 17.9 Å². The Morgan fingerprint density at radius 1 is 1.19 bits per heavy atom. The summed E-state index contributed by atoms with van der Waals surface area (Å²) >= 11 is 0. The Kier molecular flexibility index (Phi) is 5.50. The molecule has 4 heterocycles. The van der Waals surface area contributed by atoms with E-state index in [9.17, 15) is 14.7 Å². The molecule has 0 aliphatic rings. The quantitative estimate of drug-likeness (QED) is 0.491. The third-order valence-electron chi connectivity index (χ3n) is 4.90. The number of aromatic nitrogens is 5. The lowest BCUT2D eigenvalue weighted by Gasteiger charge is -2.14. The van der Waals surface area contributed by atoms with E-state index in [0.717, 1.165) is 0 Å². The number of methoxy groups -OCH3 is 1. The molecule has 156 valence electrons. The number of pyridine rings is 3. The van der Waals surface area contributed by atoms with Gasteiger partial charge in [-0.05, 0) is 37.3 Å². The van der Waals surface area contributed by atoms with Crippen LogP contribution >= 0.6 is 0 Å². The number of hydrogen-bond acceptors (Lipinski definition) is 8. The van der Waals surface area contributed by atoms with Gasteiger partial charge in [-0.15, -0.1) is 0 Å². The minimum Gasteiger partial charge on any atom is -0.464 e. The Morgan fingerprint density at radius 3 is 2.68 bits per heavy atom. The van der Waals surface area contributed by atoms with Crippen LogP contribution in [-0.4, -0.2) is 49.3 Å². The fourth-order valence-corrected chi connectivity index (χ4v) is 3.17. The van der Waals surface area contributed by atoms with Gasteiger partial charge in [0.05, 0.1) is 42.9 Å². The van der Waals surface area contributed by atoms with Crippen LogP contribution in [0.5, 0.6) is 0 Å². The number of hydrogen-bond donors (Lipinski definition) is 1. The Balaban J connectivity index is 1.96. The molecule has 0 saturated carbocycles. The van der Waals surface area contributed by atoms with Crippen LogP contribution in [0.2, 0.25) is 0 Å². The van der Waals surface area contributed by atoms with Crippen molar-refractivity contribution in [3.63, 3.8) is 0 Å². The molecule has 0 amide bonds. The summed E-state index contributed by atoms with van der Waals surface area (Å²) in [5, 5.41) is 9.84. The van der Waals surface area contributed by atoms with Gasteiger partial charge in [-0.25, -0.2) is 19.7 Å². The minimum atomic E-state index is -0.542. The number of nitrogens with zero attached hydrogens (tertiary/aromatic N) is 5. The normalized spacial score (nSPS) is 12.0. The molecule has 4 aromatic rings. The highest BCUT2D eigenvalue weighted by Gasteiger charge is 2.17. The topological polar surface area (TPSA) is 120 Å². The summed E-state index contributed by atoms with van der Waals surface area (Å²) in [6.45, 7) is 1.54. The van der Waals surface area contributed by atoms with E-state index < -0.39 is 12.0 Å². The fraction of sp³-hybridized carbons (Fsp3) is 0.182. The summed E-state index contributed by atoms with van der Waals surface area (Å²) in [6, 6.07) is 8.04. The van der Waals surface area contributed by atoms with Crippen molar-refractivity contribution in [2.45, 2.75) is 13.0 Å². The highest BCUT2D eigenvalue weighted by molar-refractivity contribution is 5.93. The van der Waals surface area contributed by atoms with Gasteiger partial charge >= 0.3 is 5.97 Å². The van der Waals surface area contributed by atoms with Crippen molar-refractivity contribution in [2.24, 2.45) is 0 Å². The van der Waals surface area contributed by atoms with E-state index in [1.807, 2.05) is 6.07 Å². The Hall–Kier alpha value is -3.98. The van der Waals surface area contributed by atoms with E-state index in [2.05, 4.69) is 19.7 Å². The summed E-state index contributed by atoms with van der Waals surface area (Å²) in [4.78, 5) is 42.3. The lowest BCUT2D eigenvalue weighted by Crippen LogP contribution is -2.25. The number of aliphatic hydroxyl groups excluding tert-OH is 1. The van der Waals surface area contributed by atoms with Crippen LogP contribution < -0.4 is 5.56 Å². The third-order valence-corrected chi connectivity index (χ3v) is 4.90. The van der Waals surface area contributed by atoms with Gasteiger partial charge in [0, 0.05) is 29.7 Å². The highest BCUT2D eigenvalue weighted by Crippen LogP contribution is 2.28. The molecule has 1 atom stereocenters. The van der Waals surface area contributed by atoms with Crippen LogP contribution in [0.3, 0.4) is 0 Å². The van der Waals surface area contributed by atoms with Crippen LogP contribution in [0.25, 0.3) is 33.4 Å². The van der Waals surface area contributed by atoms with Crippen molar-refractivity contribution >= 4 is 16.9 Å². The zero-order valence-corrected chi connectivity index (χ0v) is 16.9. The van der Waals surface area contributed by atoms with Gasteiger partial charge in [-0.1, -0.05) is 0 Å². The van der Waals surface area contributed by atoms with Gasteiger partial charge in [0.15, 0.2) is 0 Å². The summed E-state index contributed by atoms with van der Waals surface area (Å²) in [6.07, 6.45) is 6.21. The molecule has 1 unspecified atom stereocenters. The maximum absolute atomic E-state index is 13.2. The molecule has 9 nitrogen and oxygen atoms in total. The lowest BCUT2D eigenvalue weighted by molar-refractivity contribution is 0.0594. The smallest absolute Gasteiger partial charge is 0.356 e. The lowest BCUT2D eigenvalue weighted by atomic mass is 10.1. The standard InChI is InChI=1S/C22H19N5O4/c1-13(11-28)27-12-25-20-16(21(27)29)8-18(26-19(20)15-4-3-7-23-9-15)14-5-6-17(24-10-14)22(30)31-2/h3-10,12-13,28H,11H2,1-2H3. The molecule has 0 aliphatic carbocycles. The number of carbonyl (C=O) groups is 1. The highest BCUT2D eigenvalue weighted by atomic mass is 16.5. The van der Waals surface area contributed by atoms with Crippen LogP contribution in [-0.2, 0) is 4.74 Å². The van der Waals surface area contributed by atoms with E-state index in [1.165, 1.54) is 30.3 Å². The third kappa shape index (κ3) is 3.78. The second-order valence-electron chi connectivity index (χ2n) is 6.91. The summed E-state index contributed by atoms with van der Waals surface area (Å²) < 4.78 is 6.07. The minimum absolute atomic E-state index is 0.167. The zero-order chi connectivity index (χ0) is 22.0. The van der Waals surface area contributed by atoms with Crippen LogP contribution in [0.4, 0.5) is 0 Å². The van der Waals surface area contributed by atoms with Crippen molar-refractivity contribution in [3.05, 3.63) is 71.3 Å². The first kappa shape index (κ1) is 20.3. The first-order chi connectivity index (χ1) is 15.0. The Morgan fingerprint density at radius 2 is 2.03 bits per heavy atom. The van der Waals surface area contributed by atoms with E-state index in [4.69, 9.17) is 4.98 Å². The van der Waals surface area contributed by atoms with Gasteiger partial charge in [-0.3, -0.25) is 14.3 Å². The van der Waals surface area contributed by atoms with Crippen LogP contribution in [0.1, 0.15) is 23.5 Å². The molecule has 4 rings (SSSR count). The maximum atomic E-state index is 13.2. The van der Waals surface area contributed by atoms with Crippen molar-refractivity contribution in [2.75, 3.05) is 13.7 Å². The van der Waals surface area contributed by atoms with Gasteiger partial charge in [0.2, 0.25) is 0 Å². The molecular weight excluding hydrogens is 398 g/mol. The molecule has 1 N–H and O–H groups in total. The first-order valence-corrected chi connectivity index (χ1v) is 9.51. The van der Waals surface area contributed by atoms with Crippen LogP contribution in [0, 0.1) is 0 Å². The summed E-state index contributed by atoms with van der Waals surface area (Å²) in [5.74, 6) is -0.542. The van der Waals surface area contributed by atoms with E-state index >= 15 is 0 Å². The molecule has 4 aromatic heterocycles. The Bertz CT molecular complexity index is 1300. The average molecular weight is 417 g/mol. The second-order valence-corrected chi connectivity index (χ2v) is 6.91.